The molecular formula is C8H16O7S2. The van der Waals surface area contributed by atoms with E-state index >= 15 is 0 Å². The van der Waals surface area contributed by atoms with Crippen LogP contribution in [-0.2, 0) is 28.7 Å². The molecular weight excluding hydrogens is 272 g/mol. The molecule has 0 aromatic rings. The summed E-state index contributed by atoms with van der Waals surface area (Å²) in [5, 5.41) is 0. The summed E-state index contributed by atoms with van der Waals surface area (Å²) in [7, 11) is -7.87. The second kappa shape index (κ2) is 11.9. The van der Waals surface area contributed by atoms with Crippen molar-refractivity contribution in [3.63, 3.8) is 0 Å². The van der Waals surface area contributed by atoms with Crippen LogP contribution >= 0.6 is 0 Å². The molecule has 0 amide bonds. The minimum Gasteiger partial charge on any atom is -0.377 e. The van der Waals surface area contributed by atoms with Crippen molar-refractivity contribution in [1.82, 2.24) is 0 Å². The first-order valence-corrected chi connectivity index (χ1v) is 7.38. The van der Waals surface area contributed by atoms with Gasteiger partial charge in [0.05, 0.1) is 26.4 Å². The monoisotopic (exact) mass is 288 g/mol. The molecule has 1 unspecified atom stereocenters. The van der Waals surface area contributed by atoms with Crippen LogP contribution in [0.5, 0.6) is 0 Å². The van der Waals surface area contributed by atoms with Crippen LogP contribution in [0.15, 0.2) is 25.3 Å². The van der Waals surface area contributed by atoms with Gasteiger partial charge in [0.25, 0.3) is 0 Å². The maximum Gasteiger partial charge on any atom is 0.373 e. The molecule has 0 bridgehead atoms. The number of epoxide rings is 1. The van der Waals surface area contributed by atoms with E-state index in [0.717, 1.165) is 13.2 Å². The van der Waals surface area contributed by atoms with Crippen LogP contribution in [0, 0.1) is 0 Å². The van der Waals surface area contributed by atoms with Crippen molar-refractivity contribution in [2.75, 3.05) is 26.4 Å². The lowest BCUT2D eigenvalue weighted by atomic mass is 10.6. The SMILES string of the molecule is C1CO1.C=CCOCC=C.O=S(O)S(=O)(=O)O. The van der Waals surface area contributed by atoms with E-state index in [4.69, 9.17) is 13.8 Å². The number of rotatable bonds is 5. The quantitative estimate of drug-likeness (QED) is 0.188. The third kappa shape index (κ3) is 25.6. The lowest BCUT2D eigenvalue weighted by Crippen LogP contribution is -2.03. The Morgan fingerprint density at radius 2 is 1.59 bits per heavy atom. The highest BCUT2D eigenvalue weighted by atomic mass is 33.2. The van der Waals surface area contributed by atoms with E-state index in [-0.39, 0.29) is 0 Å². The second-order valence-corrected chi connectivity index (χ2v) is 5.78. The highest BCUT2D eigenvalue weighted by Crippen LogP contribution is 1.84. The van der Waals surface area contributed by atoms with Gasteiger partial charge in [-0.3, -0.25) is 9.11 Å². The minimum atomic E-state index is -4.71. The van der Waals surface area contributed by atoms with E-state index in [1.165, 1.54) is 0 Å². The van der Waals surface area contributed by atoms with Crippen molar-refractivity contribution < 1.29 is 31.2 Å². The number of ether oxygens (including phenoxy) is 2. The zero-order valence-electron chi connectivity index (χ0n) is 9.15. The van der Waals surface area contributed by atoms with Crippen LogP contribution in [0.3, 0.4) is 0 Å². The normalized spacial score (nSPS) is 14.2. The van der Waals surface area contributed by atoms with Gasteiger partial charge in [0.2, 0.25) is 0 Å². The number of hydrogen-bond donors (Lipinski definition) is 2. The average Bonchev–Trinajstić information content (AvgIpc) is 3.05. The third-order valence-electron chi connectivity index (χ3n) is 0.856. The molecule has 1 atom stereocenters. The topological polar surface area (TPSA) is 113 Å². The zero-order valence-corrected chi connectivity index (χ0v) is 10.8. The fourth-order valence-corrected chi connectivity index (χ4v) is 0.235. The smallest absolute Gasteiger partial charge is 0.373 e. The Hall–Kier alpha value is -0.580. The molecule has 0 radical (unpaired) electrons. The summed E-state index contributed by atoms with van der Waals surface area (Å²) in [4.78, 5) is 0. The van der Waals surface area contributed by atoms with Gasteiger partial charge in [0.1, 0.15) is 0 Å². The van der Waals surface area contributed by atoms with Crippen LogP contribution < -0.4 is 0 Å². The Morgan fingerprint density at radius 3 is 1.71 bits per heavy atom. The fourth-order valence-electron chi connectivity index (χ4n) is 0.235. The predicted molar refractivity (Wildman–Crippen MR) is 64.4 cm³/mol. The summed E-state index contributed by atoms with van der Waals surface area (Å²) in [6.07, 6.45) is 3.42. The summed E-state index contributed by atoms with van der Waals surface area (Å²) >= 11 is 0. The Morgan fingerprint density at radius 1 is 1.29 bits per heavy atom. The molecule has 7 nitrogen and oxygen atoms in total. The molecule has 0 aromatic heterocycles. The maximum absolute atomic E-state index is 9.34. The predicted octanol–water partition coefficient (Wildman–Crippen LogP) is 0.403. The highest BCUT2D eigenvalue weighted by molar-refractivity contribution is 8.59. The standard InChI is InChI=1S/C6H10O.C2H4O.H2O5S2/c1-3-5-7-6-4-2;1-2-3-1;1-6(2)7(3,4)5/h3-4H,1-2,5-6H2;1-2H2;(H,1,2)(H,3,4,5). The Kier molecular flexibility index (Phi) is 13.1. The van der Waals surface area contributed by atoms with Crippen LogP contribution in [0.4, 0.5) is 0 Å². The highest BCUT2D eigenvalue weighted by Gasteiger charge is 2.10. The summed E-state index contributed by atoms with van der Waals surface area (Å²) in [6.45, 7) is 10.2. The number of hydrogen-bond acceptors (Lipinski definition) is 5. The zero-order chi connectivity index (χ0) is 13.7. The van der Waals surface area contributed by atoms with Gasteiger partial charge in [-0.15, -0.1) is 13.2 Å². The molecule has 1 heterocycles. The molecule has 2 N–H and O–H groups in total. The lowest BCUT2D eigenvalue weighted by Gasteiger charge is -1.89. The van der Waals surface area contributed by atoms with Gasteiger partial charge in [-0.2, -0.15) is 8.42 Å². The molecule has 9 heteroatoms. The third-order valence-corrected chi connectivity index (χ3v) is 2.30. The molecule has 17 heavy (non-hydrogen) atoms. The van der Waals surface area contributed by atoms with Crippen molar-refractivity contribution in [2.24, 2.45) is 0 Å². The van der Waals surface area contributed by atoms with E-state index in [9.17, 15) is 12.6 Å². The van der Waals surface area contributed by atoms with E-state index in [1.807, 2.05) is 0 Å². The first kappa shape index (κ1) is 18.8. The van der Waals surface area contributed by atoms with E-state index < -0.39 is 19.3 Å². The van der Waals surface area contributed by atoms with E-state index in [0.29, 0.717) is 13.2 Å². The van der Waals surface area contributed by atoms with Crippen LogP contribution in [0.1, 0.15) is 0 Å². The first-order chi connectivity index (χ1) is 7.86. The molecule has 1 fully saturated rings. The Balaban J connectivity index is 0. The van der Waals surface area contributed by atoms with Gasteiger partial charge in [-0.25, -0.2) is 4.21 Å². The first-order valence-electron chi connectivity index (χ1n) is 4.32. The van der Waals surface area contributed by atoms with Gasteiger partial charge >= 0.3 is 19.3 Å². The molecule has 0 saturated carbocycles. The van der Waals surface area contributed by atoms with Crippen molar-refractivity contribution >= 4 is 19.3 Å². The van der Waals surface area contributed by atoms with Crippen LogP contribution in [0.2, 0.25) is 0 Å². The molecule has 1 aliphatic rings. The largest absolute Gasteiger partial charge is 0.377 e. The van der Waals surface area contributed by atoms with Crippen molar-refractivity contribution in [1.29, 1.82) is 0 Å². The second-order valence-electron chi connectivity index (χ2n) is 2.37. The van der Waals surface area contributed by atoms with Gasteiger partial charge < -0.3 is 9.47 Å². The molecule has 0 aromatic carbocycles. The van der Waals surface area contributed by atoms with E-state index in [2.05, 4.69) is 17.9 Å². The summed E-state index contributed by atoms with van der Waals surface area (Å²) in [5.41, 5.74) is 0. The molecule has 102 valence electrons. The van der Waals surface area contributed by atoms with Crippen molar-refractivity contribution in [3.05, 3.63) is 25.3 Å². The van der Waals surface area contributed by atoms with E-state index in [1.54, 1.807) is 12.2 Å². The molecule has 1 saturated heterocycles. The van der Waals surface area contributed by atoms with Gasteiger partial charge in [0.15, 0.2) is 0 Å². The van der Waals surface area contributed by atoms with Gasteiger partial charge in [-0.05, 0) is 0 Å². The van der Waals surface area contributed by atoms with Gasteiger partial charge in [-0.1, -0.05) is 12.2 Å². The van der Waals surface area contributed by atoms with Crippen molar-refractivity contribution in [3.8, 4) is 0 Å². The Bertz CT molecular complexity index is 310. The minimum absolute atomic E-state index is 0.617. The summed E-state index contributed by atoms with van der Waals surface area (Å²) in [5.74, 6) is 0. The fraction of sp³-hybridized carbons (Fsp3) is 0.500. The molecule has 1 rings (SSSR count). The summed E-state index contributed by atoms with van der Waals surface area (Å²) in [6, 6.07) is 0. The Labute approximate surface area is 103 Å². The maximum atomic E-state index is 9.34. The lowest BCUT2D eigenvalue weighted by molar-refractivity contribution is 0.194. The molecule has 1 aliphatic heterocycles. The van der Waals surface area contributed by atoms with Crippen LogP contribution in [-0.4, -0.2) is 48.2 Å². The average molecular weight is 288 g/mol. The molecule has 0 spiro atoms. The molecule has 0 aliphatic carbocycles. The van der Waals surface area contributed by atoms with Gasteiger partial charge in [0, 0.05) is 0 Å². The summed E-state index contributed by atoms with van der Waals surface area (Å²) < 4.78 is 52.4. The van der Waals surface area contributed by atoms with Crippen LogP contribution in [0.25, 0.3) is 0 Å². The van der Waals surface area contributed by atoms with Crippen molar-refractivity contribution in [2.45, 2.75) is 0 Å².